The molecule has 0 unspecified atom stereocenters. The normalized spacial score (nSPS) is 11.3. The monoisotopic (exact) mass is 355 g/mol. The van der Waals surface area contributed by atoms with Crippen molar-refractivity contribution in [3.05, 3.63) is 71.8 Å². The first-order valence-corrected chi connectivity index (χ1v) is 8.32. The number of hydrogen-bond donors (Lipinski definition) is 1. The number of carbonyl (C=O) groups excluding carboxylic acids is 3. The van der Waals surface area contributed by atoms with Crippen LogP contribution >= 0.6 is 0 Å². The average Bonchev–Trinajstić information content (AvgIpc) is 2.67. The van der Waals surface area contributed by atoms with E-state index in [0.29, 0.717) is 5.56 Å². The van der Waals surface area contributed by atoms with Gasteiger partial charge in [0, 0.05) is 12.0 Å². The van der Waals surface area contributed by atoms with Crippen LogP contribution in [0.2, 0.25) is 0 Å². The van der Waals surface area contributed by atoms with E-state index in [2.05, 4.69) is 5.32 Å². The molecule has 6 heteroatoms. The first kappa shape index (κ1) is 19.2. The highest BCUT2D eigenvalue weighted by atomic mass is 16.6. The molecule has 0 spiro atoms. The standard InChI is InChI=1S/C20H21NO5/c1-2-25-19(23)17(13-18(22)16-11-7-4-8-12-16)21-20(24)26-14-15-9-5-3-6-10-15/h3-12,17H,2,13-14H2,1H3,(H,21,24)/t17-/m0/s1. The Morgan fingerprint density at radius 2 is 1.54 bits per heavy atom. The van der Waals surface area contributed by atoms with Gasteiger partial charge in [-0.1, -0.05) is 60.7 Å². The molecule has 1 N–H and O–H groups in total. The molecule has 0 aromatic heterocycles. The van der Waals surface area contributed by atoms with Gasteiger partial charge in [-0.05, 0) is 12.5 Å². The van der Waals surface area contributed by atoms with Crippen LogP contribution in [0.1, 0.15) is 29.3 Å². The van der Waals surface area contributed by atoms with Crippen molar-refractivity contribution in [2.45, 2.75) is 26.0 Å². The zero-order valence-electron chi connectivity index (χ0n) is 14.5. The van der Waals surface area contributed by atoms with Crippen molar-refractivity contribution in [2.24, 2.45) is 0 Å². The summed E-state index contributed by atoms with van der Waals surface area (Å²) in [5, 5.41) is 2.42. The maximum Gasteiger partial charge on any atom is 0.408 e. The van der Waals surface area contributed by atoms with Crippen molar-refractivity contribution in [3.8, 4) is 0 Å². The molecule has 2 aromatic rings. The summed E-state index contributed by atoms with van der Waals surface area (Å²) in [5.41, 5.74) is 1.27. The lowest BCUT2D eigenvalue weighted by Crippen LogP contribution is -2.43. The number of alkyl carbamates (subject to hydrolysis) is 1. The molecule has 1 amide bonds. The molecule has 0 saturated carbocycles. The summed E-state index contributed by atoms with van der Waals surface area (Å²) in [4.78, 5) is 36.4. The first-order chi connectivity index (χ1) is 12.6. The van der Waals surface area contributed by atoms with E-state index < -0.39 is 18.1 Å². The number of ether oxygens (including phenoxy) is 2. The smallest absolute Gasteiger partial charge is 0.408 e. The van der Waals surface area contributed by atoms with Gasteiger partial charge in [-0.2, -0.15) is 0 Å². The lowest BCUT2D eigenvalue weighted by Gasteiger charge is -2.16. The summed E-state index contributed by atoms with van der Waals surface area (Å²) < 4.78 is 10.0. The van der Waals surface area contributed by atoms with Gasteiger partial charge in [0.1, 0.15) is 12.6 Å². The molecule has 0 aliphatic heterocycles. The van der Waals surface area contributed by atoms with Crippen LogP contribution in [0.25, 0.3) is 0 Å². The number of esters is 1. The third kappa shape index (κ3) is 6.05. The Bertz CT molecular complexity index is 730. The quantitative estimate of drug-likeness (QED) is 0.581. The molecule has 6 nitrogen and oxygen atoms in total. The van der Waals surface area contributed by atoms with Crippen LogP contribution < -0.4 is 5.32 Å². The topological polar surface area (TPSA) is 81.7 Å². The molecule has 0 saturated heterocycles. The number of ketones is 1. The van der Waals surface area contributed by atoms with Crippen LogP contribution in [0.4, 0.5) is 4.79 Å². The molecule has 0 heterocycles. The number of benzene rings is 2. The number of amides is 1. The van der Waals surface area contributed by atoms with Gasteiger partial charge < -0.3 is 14.8 Å². The van der Waals surface area contributed by atoms with Gasteiger partial charge >= 0.3 is 12.1 Å². The number of hydrogen-bond acceptors (Lipinski definition) is 5. The van der Waals surface area contributed by atoms with Crippen LogP contribution in [0, 0.1) is 0 Å². The van der Waals surface area contributed by atoms with Crippen molar-refractivity contribution >= 4 is 17.8 Å². The Hall–Kier alpha value is -3.15. The Kier molecular flexibility index (Phi) is 7.36. The second kappa shape index (κ2) is 9.98. The lowest BCUT2D eigenvalue weighted by atomic mass is 10.0. The molecule has 136 valence electrons. The van der Waals surface area contributed by atoms with Crippen molar-refractivity contribution in [2.75, 3.05) is 6.61 Å². The molecule has 0 radical (unpaired) electrons. The Labute approximate surface area is 152 Å². The third-order valence-corrected chi connectivity index (χ3v) is 3.56. The van der Waals surface area contributed by atoms with Crippen LogP contribution in [-0.4, -0.2) is 30.5 Å². The fraction of sp³-hybridized carbons (Fsp3) is 0.250. The van der Waals surface area contributed by atoms with E-state index in [4.69, 9.17) is 9.47 Å². The molecule has 0 aliphatic rings. The maximum atomic E-state index is 12.3. The predicted molar refractivity (Wildman–Crippen MR) is 95.6 cm³/mol. The second-order valence-corrected chi connectivity index (χ2v) is 5.50. The molecule has 0 fully saturated rings. The van der Waals surface area contributed by atoms with Crippen molar-refractivity contribution in [1.82, 2.24) is 5.32 Å². The van der Waals surface area contributed by atoms with Crippen molar-refractivity contribution in [1.29, 1.82) is 0 Å². The zero-order valence-corrected chi connectivity index (χ0v) is 14.5. The minimum Gasteiger partial charge on any atom is -0.464 e. The van der Waals surface area contributed by atoms with Gasteiger partial charge in [0.2, 0.25) is 0 Å². The predicted octanol–water partition coefficient (Wildman–Crippen LogP) is 3.12. The minimum absolute atomic E-state index is 0.0643. The Morgan fingerprint density at radius 1 is 0.923 bits per heavy atom. The number of Topliss-reactive ketones (excluding diaryl/α,β-unsaturated/α-hetero) is 1. The molecule has 0 aliphatic carbocycles. The zero-order chi connectivity index (χ0) is 18.8. The van der Waals surface area contributed by atoms with E-state index in [1.807, 2.05) is 30.3 Å². The van der Waals surface area contributed by atoms with Gasteiger partial charge in [0.25, 0.3) is 0 Å². The van der Waals surface area contributed by atoms with Crippen LogP contribution in [0.3, 0.4) is 0 Å². The molecular weight excluding hydrogens is 334 g/mol. The highest BCUT2D eigenvalue weighted by Gasteiger charge is 2.26. The van der Waals surface area contributed by atoms with Gasteiger partial charge in [-0.25, -0.2) is 9.59 Å². The summed E-state index contributed by atoms with van der Waals surface area (Å²) in [6, 6.07) is 16.6. The van der Waals surface area contributed by atoms with Gasteiger partial charge in [-0.3, -0.25) is 4.79 Å². The maximum absolute atomic E-state index is 12.3. The second-order valence-electron chi connectivity index (χ2n) is 5.50. The van der Waals surface area contributed by atoms with Crippen LogP contribution in [0.15, 0.2) is 60.7 Å². The molecule has 26 heavy (non-hydrogen) atoms. The van der Waals surface area contributed by atoms with E-state index >= 15 is 0 Å². The van der Waals surface area contributed by atoms with E-state index in [1.165, 1.54) is 0 Å². The third-order valence-electron chi connectivity index (χ3n) is 3.56. The van der Waals surface area contributed by atoms with E-state index in [1.54, 1.807) is 37.3 Å². The van der Waals surface area contributed by atoms with E-state index in [-0.39, 0.29) is 25.4 Å². The Morgan fingerprint density at radius 3 is 2.15 bits per heavy atom. The van der Waals surface area contributed by atoms with Crippen LogP contribution in [0.5, 0.6) is 0 Å². The molecule has 2 aromatic carbocycles. The van der Waals surface area contributed by atoms with Gasteiger partial charge in [0.05, 0.1) is 6.61 Å². The molecule has 1 atom stereocenters. The molecular formula is C20H21NO5. The average molecular weight is 355 g/mol. The summed E-state index contributed by atoms with van der Waals surface area (Å²) in [7, 11) is 0. The van der Waals surface area contributed by atoms with Crippen molar-refractivity contribution < 1.29 is 23.9 Å². The highest BCUT2D eigenvalue weighted by Crippen LogP contribution is 2.08. The fourth-order valence-electron chi connectivity index (χ4n) is 2.27. The number of carbonyl (C=O) groups is 3. The largest absolute Gasteiger partial charge is 0.464 e. The van der Waals surface area contributed by atoms with Gasteiger partial charge in [-0.15, -0.1) is 0 Å². The minimum atomic E-state index is -1.11. The van der Waals surface area contributed by atoms with E-state index in [9.17, 15) is 14.4 Å². The number of nitrogens with one attached hydrogen (secondary N) is 1. The Balaban J connectivity index is 1.96. The summed E-state index contributed by atoms with van der Waals surface area (Å²) in [6.45, 7) is 1.87. The number of rotatable bonds is 8. The molecule has 0 bridgehead atoms. The van der Waals surface area contributed by atoms with Crippen molar-refractivity contribution in [3.63, 3.8) is 0 Å². The van der Waals surface area contributed by atoms with E-state index in [0.717, 1.165) is 5.56 Å². The summed E-state index contributed by atoms with van der Waals surface area (Å²) >= 11 is 0. The molecule has 2 rings (SSSR count). The lowest BCUT2D eigenvalue weighted by molar-refractivity contribution is -0.145. The highest BCUT2D eigenvalue weighted by molar-refractivity contribution is 5.99. The van der Waals surface area contributed by atoms with Crippen LogP contribution in [-0.2, 0) is 20.9 Å². The summed E-state index contributed by atoms with van der Waals surface area (Å²) in [6.07, 6.45) is -0.990. The fourth-order valence-corrected chi connectivity index (χ4v) is 2.27. The van der Waals surface area contributed by atoms with Gasteiger partial charge in [0.15, 0.2) is 5.78 Å². The first-order valence-electron chi connectivity index (χ1n) is 8.32. The summed E-state index contributed by atoms with van der Waals surface area (Å²) in [5.74, 6) is -0.944. The SMILES string of the molecule is CCOC(=O)[C@H](CC(=O)c1ccccc1)NC(=O)OCc1ccccc1.